The first kappa shape index (κ1) is 19.2. The number of hydrogen-bond donors (Lipinski definition) is 2. The van der Waals surface area contributed by atoms with Gasteiger partial charge in [-0.3, -0.25) is 14.9 Å². The van der Waals surface area contributed by atoms with Gasteiger partial charge in [-0.05, 0) is 36.4 Å². The highest BCUT2D eigenvalue weighted by atomic mass is 32.2. The second-order valence-electron chi connectivity index (χ2n) is 6.15. The average molecular weight is 387 g/mol. The van der Waals surface area contributed by atoms with Crippen LogP contribution in [0.4, 0.5) is 5.69 Å². The van der Waals surface area contributed by atoms with E-state index in [4.69, 9.17) is 4.74 Å². The Kier molecular flexibility index (Phi) is 5.98. The Morgan fingerprint density at radius 3 is 2.89 bits per heavy atom. The molecule has 0 saturated carbocycles. The lowest BCUT2D eigenvalue weighted by molar-refractivity contribution is -0.385. The van der Waals surface area contributed by atoms with Crippen LogP contribution in [0.15, 0.2) is 41.3 Å². The number of nitro benzene ring substituents is 1. The van der Waals surface area contributed by atoms with Gasteiger partial charge >= 0.3 is 0 Å². The number of nitrogens with zero attached hydrogens (tertiary/aromatic N) is 1. The standard InChI is InChI=1S/C19H21N3O4S/c1-26-17-10-16(22(24)25)14(9-18(17)27-2)19(23)21-11-15-13-6-4-3-5-12(13)7-8-20-15/h3-6,9-10,15,20H,7-8,11H2,1-2H3,(H,21,23). The van der Waals surface area contributed by atoms with Gasteiger partial charge in [0.15, 0.2) is 0 Å². The van der Waals surface area contributed by atoms with Crippen molar-refractivity contribution >= 4 is 23.4 Å². The van der Waals surface area contributed by atoms with E-state index in [-0.39, 0.29) is 17.3 Å². The van der Waals surface area contributed by atoms with Crippen molar-refractivity contribution in [3.8, 4) is 5.75 Å². The van der Waals surface area contributed by atoms with E-state index < -0.39 is 10.8 Å². The number of fused-ring (bicyclic) bond motifs is 1. The molecule has 0 spiro atoms. The van der Waals surface area contributed by atoms with E-state index in [0.29, 0.717) is 17.2 Å². The summed E-state index contributed by atoms with van der Waals surface area (Å²) in [6, 6.07) is 10.9. The minimum absolute atomic E-state index is 0.0174. The maximum absolute atomic E-state index is 12.7. The number of rotatable bonds is 6. The number of thioether (sulfide) groups is 1. The van der Waals surface area contributed by atoms with Gasteiger partial charge in [0.1, 0.15) is 11.3 Å². The van der Waals surface area contributed by atoms with Crippen LogP contribution in [0, 0.1) is 10.1 Å². The van der Waals surface area contributed by atoms with Crippen molar-refractivity contribution in [2.75, 3.05) is 26.5 Å². The minimum Gasteiger partial charge on any atom is -0.495 e. The van der Waals surface area contributed by atoms with E-state index >= 15 is 0 Å². The minimum atomic E-state index is -0.560. The van der Waals surface area contributed by atoms with Crippen LogP contribution in [-0.4, -0.2) is 37.3 Å². The Balaban J connectivity index is 1.82. The molecule has 27 heavy (non-hydrogen) atoms. The number of methoxy groups -OCH3 is 1. The van der Waals surface area contributed by atoms with Crippen molar-refractivity contribution in [2.45, 2.75) is 17.4 Å². The molecule has 3 rings (SSSR count). The molecule has 142 valence electrons. The van der Waals surface area contributed by atoms with Gasteiger partial charge in [0.05, 0.1) is 23.0 Å². The first-order chi connectivity index (χ1) is 13.0. The summed E-state index contributed by atoms with van der Waals surface area (Å²) in [7, 11) is 1.45. The summed E-state index contributed by atoms with van der Waals surface area (Å²) in [5.41, 5.74) is 2.18. The van der Waals surface area contributed by atoms with Crippen molar-refractivity contribution in [3.63, 3.8) is 0 Å². The Morgan fingerprint density at radius 1 is 1.41 bits per heavy atom. The third-order valence-electron chi connectivity index (χ3n) is 4.63. The van der Waals surface area contributed by atoms with Crippen LogP contribution >= 0.6 is 11.8 Å². The van der Waals surface area contributed by atoms with E-state index in [1.54, 1.807) is 0 Å². The lowest BCUT2D eigenvalue weighted by Gasteiger charge is -2.27. The van der Waals surface area contributed by atoms with Crippen LogP contribution in [0.25, 0.3) is 0 Å². The molecule has 1 heterocycles. The second-order valence-corrected chi connectivity index (χ2v) is 7.00. The zero-order chi connectivity index (χ0) is 19.4. The number of ether oxygens (including phenoxy) is 1. The molecule has 0 aromatic heterocycles. The van der Waals surface area contributed by atoms with Crippen LogP contribution in [0.1, 0.15) is 27.5 Å². The molecule has 2 aromatic carbocycles. The molecular formula is C19H21N3O4S. The van der Waals surface area contributed by atoms with E-state index in [2.05, 4.69) is 16.7 Å². The van der Waals surface area contributed by atoms with Crippen molar-refractivity contribution in [1.29, 1.82) is 0 Å². The van der Waals surface area contributed by atoms with Crippen molar-refractivity contribution in [1.82, 2.24) is 10.6 Å². The lowest BCUT2D eigenvalue weighted by atomic mass is 9.94. The highest BCUT2D eigenvalue weighted by Gasteiger charge is 2.25. The fourth-order valence-corrected chi connectivity index (χ4v) is 3.85. The Bertz CT molecular complexity index is 872. The molecular weight excluding hydrogens is 366 g/mol. The van der Waals surface area contributed by atoms with E-state index in [1.807, 2.05) is 24.5 Å². The zero-order valence-electron chi connectivity index (χ0n) is 15.2. The molecule has 0 aliphatic carbocycles. The third kappa shape index (κ3) is 4.06. The lowest BCUT2D eigenvalue weighted by Crippen LogP contribution is -2.39. The molecule has 1 aliphatic rings. The fraction of sp³-hybridized carbons (Fsp3) is 0.316. The molecule has 2 aromatic rings. The van der Waals surface area contributed by atoms with Crippen LogP contribution in [0.5, 0.6) is 5.75 Å². The first-order valence-electron chi connectivity index (χ1n) is 8.55. The number of carbonyl (C=O) groups excluding carboxylic acids is 1. The van der Waals surface area contributed by atoms with Gasteiger partial charge < -0.3 is 15.4 Å². The maximum atomic E-state index is 12.7. The SMILES string of the molecule is COc1cc([N+](=O)[O-])c(C(=O)NCC2NCCc3ccccc32)cc1SC. The number of amides is 1. The Hall–Kier alpha value is -2.58. The van der Waals surface area contributed by atoms with Crippen molar-refractivity contribution < 1.29 is 14.5 Å². The van der Waals surface area contributed by atoms with Crippen LogP contribution in [0.2, 0.25) is 0 Å². The highest BCUT2D eigenvalue weighted by Crippen LogP contribution is 2.34. The summed E-state index contributed by atoms with van der Waals surface area (Å²) in [4.78, 5) is 24.2. The molecule has 0 bridgehead atoms. The van der Waals surface area contributed by atoms with Crippen molar-refractivity contribution in [3.05, 3.63) is 63.2 Å². The predicted molar refractivity (Wildman–Crippen MR) is 105 cm³/mol. The van der Waals surface area contributed by atoms with E-state index in [9.17, 15) is 14.9 Å². The van der Waals surface area contributed by atoms with E-state index in [0.717, 1.165) is 18.5 Å². The molecule has 0 fully saturated rings. The molecule has 2 N–H and O–H groups in total. The molecule has 8 heteroatoms. The molecule has 0 radical (unpaired) electrons. The third-order valence-corrected chi connectivity index (χ3v) is 5.38. The zero-order valence-corrected chi connectivity index (χ0v) is 16.0. The van der Waals surface area contributed by atoms with Crippen molar-refractivity contribution in [2.24, 2.45) is 0 Å². The number of carbonyl (C=O) groups is 1. The number of benzene rings is 2. The summed E-state index contributed by atoms with van der Waals surface area (Å²) < 4.78 is 5.19. The predicted octanol–water partition coefficient (Wildman–Crippen LogP) is 2.94. The normalized spacial score (nSPS) is 15.7. The smallest absolute Gasteiger partial charge is 0.285 e. The number of hydrogen-bond acceptors (Lipinski definition) is 6. The first-order valence-corrected chi connectivity index (χ1v) is 9.77. The molecule has 1 unspecified atom stereocenters. The topological polar surface area (TPSA) is 93.5 Å². The van der Waals surface area contributed by atoms with Gasteiger partial charge in [-0.1, -0.05) is 24.3 Å². The largest absolute Gasteiger partial charge is 0.495 e. The Labute approximate surface area is 161 Å². The van der Waals surface area contributed by atoms with Gasteiger partial charge in [0.2, 0.25) is 0 Å². The Morgan fingerprint density at radius 2 is 2.19 bits per heavy atom. The monoisotopic (exact) mass is 387 g/mol. The molecule has 1 aliphatic heterocycles. The van der Waals surface area contributed by atoms with Gasteiger partial charge in [0.25, 0.3) is 11.6 Å². The van der Waals surface area contributed by atoms with Gasteiger partial charge in [-0.25, -0.2) is 0 Å². The highest BCUT2D eigenvalue weighted by molar-refractivity contribution is 7.98. The second kappa shape index (κ2) is 8.41. The van der Waals surface area contributed by atoms with E-state index in [1.165, 1.54) is 36.6 Å². The average Bonchev–Trinajstić information content (AvgIpc) is 2.70. The van der Waals surface area contributed by atoms with Gasteiger partial charge in [-0.15, -0.1) is 11.8 Å². The molecule has 7 nitrogen and oxygen atoms in total. The summed E-state index contributed by atoms with van der Waals surface area (Å²) in [5, 5.41) is 17.6. The number of nitro groups is 1. The van der Waals surface area contributed by atoms with Crippen LogP contribution < -0.4 is 15.4 Å². The molecule has 1 atom stereocenters. The quantitative estimate of drug-likeness (QED) is 0.450. The van der Waals surface area contributed by atoms with Gasteiger partial charge in [0, 0.05) is 12.6 Å². The number of nitrogens with one attached hydrogen (secondary N) is 2. The fourth-order valence-electron chi connectivity index (χ4n) is 3.27. The maximum Gasteiger partial charge on any atom is 0.285 e. The van der Waals surface area contributed by atoms with Gasteiger partial charge in [-0.2, -0.15) is 0 Å². The summed E-state index contributed by atoms with van der Waals surface area (Å²) in [5.74, 6) is -0.0851. The summed E-state index contributed by atoms with van der Waals surface area (Å²) >= 11 is 1.37. The molecule has 0 saturated heterocycles. The molecule has 1 amide bonds. The van der Waals surface area contributed by atoms with Crippen LogP contribution in [-0.2, 0) is 6.42 Å². The summed E-state index contributed by atoms with van der Waals surface area (Å²) in [6.07, 6.45) is 2.77. The summed E-state index contributed by atoms with van der Waals surface area (Å²) in [6.45, 7) is 1.19. The van der Waals surface area contributed by atoms with Crippen LogP contribution in [0.3, 0.4) is 0 Å².